The van der Waals surface area contributed by atoms with E-state index in [0.29, 0.717) is 0 Å². The molecule has 184 valence electrons. The van der Waals surface area contributed by atoms with Crippen LogP contribution < -0.4 is 15.5 Å². The average Bonchev–Trinajstić information content (AvgIpc) is 2.66. The Kier molecular flexibility index (Phi) is 11.2. The lowest BCUT2D eigenvalue weighted by Gasteiger charge is -2.28. The van der Waals surface area contributed by atoms with Gasteiger partial charge in [0.25, 0.3) is 0 Å². The van der Waals surface area contributed by atoms with Crippen molar-refractivity contribution < 1.29 is 46.1 Å². The molecule has 1 saturated heterocycles. The Morgan fingerprint density at radius 3 is 1.84 bits per heavy atom. The van der Waals surface area contributed by atoms with Gasteiger partial charge in [-0.15, -0.1) is 0 Å². The van der Waals surface area contributed by atoms with Crippen molar-refractivity contribution in [3.63, 3.8) is 0 Å². The molecule has 1 aliphatic rings. The normalized spacial score (nSPS) is 14.3. The third-order valence-corrected chi connectivity index (χ3v) is 3.34. The van der Waals surface area contributed by atoms with Crippen LogP contribution >= 0.6 is 0 Å². The van der Waals surface area contributed by atoms with E-state index in [9.17, 15) is 26.3 Å². The maximum atomic E-state index is 10.6. The number of alkyl halides is 6. The summed E-state index contributed by atoms with van der Waals surface area (Å²) in [5, 5.41) is 20.9. The predicted molar refractivity (Wildman–Crippen MR) is 102 cm³/mol. The van der Waals surface area contributed by atoms with Crippen LogP contribution in [0.4, 0.5) is 38.1 Å². The summed E-state index contributed by atoms with van der Waals surface area (Å²) in [5.41, 5.74) is 0.231. The van der Waals surface area contributed by atoms with Gasteiger partial charge in [-0.3, -0.25) is 0 Å². The molecule has 2 rings (SSSR count). The molecule has 9 nitrogen and oxygen atoms in total. The molecule has 0 saturated carbocycles. The zero-order valence-corrected chi connectivity index (χ0v) is 17.5. The van der Waals surface area contributed by atoms with E-state index in [1.54, 1.807) is 0 Å². The number of anilines is 2. The van der Waals surface area contributed by atoms with Gasteiger partial charge in [-0.25, -0.2) is 14.6 Å². The fraction of sp³-hybridized carbons (Fsp3) is 0.647. The number of hydrogen-bond donors (Lipinski definition) is 4. The SMILES string of the molecule is CC(C)(C)CNc1nccc(N2CCNCC2)n1.O=C(O)C(F)(F)F.O=C(O)C(F)(F)F. The van der Waals surface area contributed by atoms with Crippen LogP contribution in [0, 0.1) is 5.41 Å². The minimum absolute atomic E-state index is 0.231. The molecule has 0 bridgehead atoms. The number of rotatable bonds is 3. The molecule has 1 aromatic rings. The molecule has 0 spiro atoms. The van der Waals surface area contributed by atoms with Crippen LogP contribution in [0.15, 0.2) is 12.3 Å². The van der Waals surface area contributed by atoms with Gasteiger partial charge in [-0.1, -0.05) is 20.8 Å². The van der Waals surface area contributed by atoms with Gasteiger partial charge in [0, 0.05) is 38.9 Å². The highest BCUT2D eigenvalue weighted by atomic mass is 19.4. The number of aromatic nitrogens is 2. The third-order valence-electron chi connectivity index (χ3n) is 3.34. The van der Waals surface area contributed by atoms with Gasteiger partial charge in [-0.2, -0.15) is 31.3 Å². The van der Waals surface area contributed by atoms with Crippen molar-refractivity contribution in [2.24, 2.45) is 5.41 Å². The Labute approximate surface area is 179 Å². The molecule has 0 aliphatic carbocycles. The summed E-state index contributed by atoms with van der Waals surface area (Å²) in [6, 6.07) is 1.98. The first-order valence-electron chi connectivity index (χ1n) is 9.06. The lowest BCUT2D eigenvalue weighted by Crippen LogP contribution is -2.44. The van der Waals surface area contributed by atoms with Gasteiger partial charge < -0.3 is 25.7 Å². The molecular formula is C17H25F6N5O4. The quantitative estimate of drug-likeness (QED) is 0.486. The molecule has 1 aromatic heterocycles. The fourth-order valence-electron chi connectivity index (χ4n) is 1.85. The Morgan fingerprint density at radius 2 is 1.47 bits per heavy atom. The minimum atomic E-state index is -5.08. The number of hydrogen-bond acceptors (Lipinski definition) is 7. The Bertz CT molecular complexity index is 707. The van der Waals surface area contributed by atoms with Crippen molar-refractivity contribution in [3.8, 4) is 0 Å². The second kappa shape index (κ2) is 12.3. The third kappa shape index (κ3) is 13.5. The molecule has 0 amide bonds. The van der Waals surface area contributed by atoms with Gasteiger partial charge in [0.15, 0.2) is 0 Å². The van der Waals surface area contributed by atoms with E-state index in [2.05, 4.69) is 46.3 Å². The summed E-state index contributed by atoms with van der Waals surface area (Å²) in [6.07, 6.45) is -8.34. The number of nitrogens with zero attached hydrogens (tertiary/aromatic N) is 3. The highest BCUT2D eigenvalue weighted by Crippen LogP contribution is 2.16. The van der Waals surface area contributed by atoms with Gasteiger partial charge in [0.05, 0.1) is 0 Å². The summed E-state index contributed by atoms with van der Waals surface area (Å²) in [4.78, 5) is 28.9. The topological polar surface area (TPSA) is 128 Å². The Hall–Kier alpha value is -2.84. The van der Waals surface area contributed by atoms with Crippen LogP contribution in [-0.2, 0) is 9.59 Å². The van der Waals surface area contributed by atoms with Crippen molar-refractivity contribution in [2.75, 3.05) is 42.9 Å². The van der Waals surface area contributed by atoms with Crippen molar-refractivity contribution in [1.82, 2.24) is 15.3 Å². The van der Waals surface area contributed by atoms with Gasteiger partial charge in [0.2, 0.25) is 5.95 Å². The fourth-order valence-corrected chi connectivity index (χ4v) is 1.85. The maximum absolute atomic E-state index is 10.6. The zero-order chi connectivity index (χ0) is 25.2. The number of aliphatic carboxylic acids is 2. The number of piperazine rings is 1. The Morgan fingerprint density at radius 1 is 1.03 bits per heavy atom. The van der Waals surface area contributed by atoms with Gasteiger partial charge >= 0.3 is 24.3 Å². The molecule has 32 heavy (non-hydrogen) atoms. The van der Waals surface area contributed by atoms with Crippen LogP contribution in [0.2, 0.25) is 0 Å². The molecule has 0 atom stereocenters. The summed E-state index contributed by atoms with van der Waals surface area (Å²) >= 11 is 0. The van der Waals surface area contributed by atoms with Crippen LogP contribution in [-0.4, -0.2) is 77.2 Å². The van der Waals surface area contributed by atoms with Crippen LogP contribution in [0.25, 0.3) is 0 Å². The molecule has 15 heteroatoms. The van der Waals surface area contributed by atoms with Crippen LogP contribution in [0.3, 0.4) is 0 Å². The molecular weight excluding hydrogens is 452 g/mol. The molecule has 1 fully saturated rings. The van der Waals surface area contributed by atoms with E-state index in [4.69, 9.17) is 19.8 Å². The predicted octanol–water partition coefficient (Wildman–Crippen LogP) is 2.61. The Balaban J connectivity index is 0.000000570. The van der Waals surface area contributed by atoms with E-state index in [-0.39, 0.29) is 5.41 Å². The standard InChI is InChI=1S/C13H23N5.2C2HF3O2/c1-13(2,3)10-16-12-15-5-4-11(17-12)18-8-6-14-7-9-18;2*3-2(4,5)1(6)7/h4-5,14H,6-10H2,1-3H3,(H,15,16,17);2*(H,6,7). The molecule has 0 unspecified atom stereocenters. The average molecular weight is 477 g/mol. The van der Waals surface area contributed by atoms with E-state index < -0.39 is 24.3 Å². The van der Waals surface area contributed by atoms with Crippen molar-refractivity contribution in [2.45, 2.75) is 33.1 Å². The summed E-state index contributed by atoms with van der Waals surface area (Å²) in [5.74, 6) is -3.77. The summed E-state index contributed by atoms with van der Waals surface area (Å²) in [6.45, 7) is 11.5. The van der Waals surface area contributed by atoms with E-state index in [1.807, 2.05) is 12.3 Å². The monoisotopic (exact) mass is 477 g/mol. The first-order valence-corrected chi connectivity index (χ1v) is 9.06. The molecule has 0 aromatic carbocycles. The smallest absolute Gasteiger partial charge is 0.475 e. The van der Waals surface area contributed by atoms with Gasteiger partial charge in [-0.05, 0) is 11.5 Å². The van der Waals surface area contributed by atoms with Crippen molar-refractivity contribution >= 4 is 23.7 Å². The first kappa shape index (κ1) is 29.2. The van der Waals surface area contributed by atoms with Crippen molar-refractivity contribution in [1.29, 1.82) is 0 Å². The second-order valence-electron chi connectivity index (χ2n) is 7.50. The van der Waals surface area contributed by atoms with Gasteiger partial charge in [0.1, 0.15) is 5.82 Å². The number of nitrogens with one attached hydrogen (secondary N) is 2. The molecule has 4 N–H and O–H groups in total. The lowest BCUT2D eigenvalue weighted by molar-refractivity contribution is -0.193. The van der Waals surface area contributed by atoms with Crippen LogP contribution in [0.5, 0.6) is 0 Å². The maximum Gasteiger partial charge on any atom is 0.490 e. The van der Waals surface area contributed by atoms with E-state index in [0.717, 1.165) is 44.5 Å². The zero-order valence-electron chi connectivity index (χ0n) is 17.5. The lowest BCUT2D eigenvalue weighted by atomic mass is 9.97. The molecule has 1 aliphatic heterocycles. The summed E-state index contributed by atoms with van der Waals surface area (Å²) < 4.78 is 63.5. The highest BCUT2D eigenvalue weighted by Gasteiger charge is 2.38. The second-order valence-corrected chi connectivity index (χ2v) is 7.50. The van der Waals surface area contributed by atoms with Crippen molar-refractivity contribution in [3.05, 3.63) is 12.3 Å². The first-order chi connectivity index (χ1) is 14.4. The van der Waals surface area contributed by atoms with Crippen LogP contribution in [0.1, 0.15) is 20.8 Å². The largest absolute Gasteiger partial charge is 0.490 e. The number of carbonyl (C=O) groups is 2. The number of carboxylic acids is 2. The molecule has 0 radical (unpaired) electrons. The van der Waals surface area contributed by atoms with E-state index in [1.165, 1.54) is 0 Å². The minimum Gasteiger partial charge on any atom is -0.475 e. The van der Waals surface area contributed by atoms with E-state index >= 15 is 0 Å². The molecule has 2 heterocycles. The summed E-state index contributed by atoms with van der Waals surface area (Å²) in [7, 11) is 0. The number of halogens is 6. The highest BCUT2D eigenvalue weighted by molar-refractivity contribution is 5.73. The number of carboxylic acid groups (broad SMARTS) is 2.